The van der Waals surface area contributed by atoms with Crippen molar-refractivity contribution in [2.45, 2.75) is 13.8 Å². The molecule has 0 aliphatic heterocycles. The number of hydrogen-bond donors (Lipinski definition) is 3. The second-order valence-electron chi connectivity index (χ2n) is 3.49. The van der Waals surface area contributed by atoms with Gasteiger partial charge < -0.3 is 15.7 Å². The number of benzene rings is 1. The molecule has 0 radical (unpaired) electrons. The summed E-state index contributed by atoms with van der Waals surface area (Å²) in [7, 11) is 0. The van der Waals surface area contributed by atoms with Crippen LogP contribution < -0.4 is 16.0 Å². The third-order valence-corrected chi connectivity index (χ3v) is 2.77. The van der Waals surface area contributed by atoms with Gasteiger partial charge in [-0.1, -0.05) is 11.6 Å². The summed E-state index contributed by atoms with van der Waals surface area (Å²) < 4.78 is 0. The average molecular weight is 258 g/mol. The summed E-state index contributed by atoms with van der Waals surface area (Å²) in [6.07, 6.45) is -1.15. The predicted octanol–water partition coefficient (Wildman–Crippen LogP) is 2.86. The van der Waals surface area contributed by atoms with Gasteiger partial charge in [-0.15, -0.1) is 0 Å². The second kappa shape index (κ2) is 5.63. The first kappa shape index (κ1) is 13.4. The molecule has 6 heteroatoms. The maximum atomic E-state index is 10.6. The highest BCUT2D eigenvalue weighted by atomic mass is 35.5. The van der Waals surface area contributed by atoms with E-state index in [-0.39, 0.29) is 0 Å². The van der Waals surface area contributed by atoms with Crippen LogP contribution in [0.3, 0.4) is 0 Å². The van der Waals surface area contributed by atoms with Crippen LogP contribution in [0.4, 0.5) is 21.9 Å². The van der Waals surface area contributed by atoms with E-state index in [0.717, 1.165) is 18.8 Å². The summed E-state index contributed by atoms with van der Waals surface area (Å²) in [5.74, 6) is 0. The molecule has 1 rings (SSSR count). The quantitative estimate of drug-likeness (QED) is 0.725. The molecule has 1 aromatic rings. The summed E-state index contributed by atoms with van der Waals surface area (Å²) in [6.45, 7) is 5.57. The van der Waals surface area contributed by atoms with E-state index in [1.807, 2.05) is 18.7 Å². The minimum Gasteiger partial charge on any atom is -0.465 e. The van der Waals surface area contributed by atoms with Gasteiger partial charge in [0.25, 0.3) is 0 Å². The van der Waals surface area contributed by atoms with Gasteiger partial charge in [-0.2, -0.15) is 0 Å². The largest absolute Gasteiger partial charge is 0.465 e. The number of nitrogen functional groups attached to an aromatic ring is 1. The number of carbonyl (C=O) groups is 1. The number of anilines is 3. The smallest absolute Gasteiger partial charge is 0.409 e. The van der Waals surface area contributed by atoms with Crippen molar-refractivity contribution in [2.24, 2.45) is 0 Å². The van der Waals surface area contributed by atoms with Gasteiger partial charge in [0.05, 0.1) is 22.1 Å². The average Bonchev–Trinajstić information content (AvgIpc) is 2.25. The molecule has 0 heterocycles. The molecule has 0 saturated heterocycles. The van der Waals surface area contributed by atoms with Crippen LogP contribution in [0, 0.1) is 0 Å². The van der Waals surface area contributed by atoms with Crippen LogP contribution in [-0.2, 0) is 0 Å². The molecule has 17 heavy (non-hydrogen) atoms. The molecule has 0 bridgehead atoms. The van der Waals surface area contributed by atoms with Crippen molar-refractivity contribution in [2.75, 3.05) is 29.0 Å². The summed E-state index contributed by atoms with van der Waals surface area (Å²) in [4.78, 5) is 12.6. The van der Waals surface area contributed by atoms with E-state index >= 15 is 0 Å². The summed E-state index contributed by atoms with van der Waals surface area (Å²) in [5.41, 5.74) is 7.13. The molecule has 1 aromatic carbocycles. The molecule has 0 fully saturated rings. The second-order valence-corrected chi connectivity index (χ2v) is 3.90. The molecule has 1 amide bonds. The van der Waals surface area contributed by atoms with Crippen molar-refractivity contribution in [3.8, 4) is 0 Å². The van der Waals surface area contributed by atoms with Crippen molar-refractivity contribution in [1.82, 2.24) is 0 Å². The third kappa shape index (κ3) is 3.17. The van der Waals surface area contributed by atoms with Crippen molar-refractivity contribution in [3.05, 3.63) is 17.2 Å². The molecule has 0 atom stereocenters. The Balaban J connectivity index is 3.17. The lowest BCUT2D eigenvalue weighted by molar-refractivity contribution is 0.210. The van der Waals surface area contributed by atoms with Crippen LogP contribution in [-0.4, -0.2) is 24.3 Å². The molecule has 0 unspecified atom stereocenters. The Morgan fingerprint density at radius 2 is 2.06 bits per heavy atom. The highest BCUT2D eigenvalue weighted by Gasteiger charge is 2.12. The molecule has 0 aliphatic rings. The van der Waals surface area contributed by atoms with E-state index in [1.165, 1.54) is 0 Å². The van der Waals surface area contributed by atoms with Crippen LogP contribution >= 0.6 is 11.6 Å². The Labute approximate surface area is 105 Å². The summed E-state index contributed by atoms with van der Waals surface area (Å²) in [5, 5.41) is 11.5. The first-order valence-corrected chi connectivity index (χ1v) is 5.71. The van der Waals surface area contributed by atoms with Gasteiger partial charge in [0.15, 0.2) is 0 Å². The zero-order chi connectivity index (χ0) is 13.0. The van der Waals surface area contributed by atoms with Crippen LogP contribution in [0.5, 0.6) is 0 Å². The molecule has 4 N–H and O–H groups in total. The minimum absolute atomic E-state index is 0.313. The fourth-order valence-electron chi connectivity index (χ4n) is 1.61. The van der Waals surface area contributed by atoms with Crippen molar-refractivity contribution in [1.29, 1.82) is 0 Å². The van der Waals surface area contributed by atoms with E-state index < -0.39 is 6.09 Å². The van der Waals surface area contributed by atoms with Gasteiger partial charge in [-0.25, -0.2) is 4.79 Å². The first-order valence-electron chi connectivity index (χ1n) is 5.33. The Morgan fingerprint density at radius 1 is 1.47 bits per heavy atom. The van der Waals surface area contributed by atoms with E-state index in [4.69, 9.17) is 22.4 Å². The molecule has 0 spiro atoms. The van der Waals surface area contributed by atoms with E-state index in [2.05, 4.69) is 5.32 Å². The third-order valence-electron chi connectivity index (χ3n) is 2.46. The number of nitrogens with zero attached hydrogens (tertiary/aromatic N) is 1. The van der Waals surface area contributed by atoms with Crippen molar-refractivity contribution < 1.29 is 9.90 Å². The molecule has 0 aliphatic carbocycles. The maximum absolute atomic E-state index is 10.6. The van der Waals surface area contributed by atoms with Gasteiger partial charge in [-0.3, -0.25) is 5.32 Å². The zero-order valence-electron chi connectivity index (χ0n) is 9.83. The first-order chi connectivity index (χ1) is 7.99. The zero-order valence-corrected chi connectivity index (χ0v) is 10.6. The normalized spacial score (nSPS) is 10.1. The summed E-state index contributed by atoms with van der Waals surface area (Å²) in [6, 6.07) is 3.21. The Kier molecular flexibility index (Phi) is 4.45. The van der Waals surface area contributed by atoms with E-state index in [9.17, 15) is 4.79 Å². The topological polar surface area (TPSA) is 78.6 Å². The van der Waals surface area contributed by atoms with E-state index in [0.29, 0.717) is 16.4 Å². The lowest BCUT2D eigenvalue weighted by atomic mass is 10.2. The number of carboxylic acid groups (broad SMARTS) is 1. The van der Waals surface area contributed by atoms with Gasteiger partial charge in [0.1, 0.15) is 0 Å². The number of rotatable bonds is 4. The van der Waals surface area contributed by atoms with E-state index in [1.54, 1.807) is 12.1 Å². The molecule has 94 valence electrons. The van der Waals surface area contributed by atoms with Crippen LogP contribution in [0.1, 0.15) is 13.8 Å². The number of nitrogens with one attached hydrogen (secondary N) is 1. The van der Waals surface area contributed by atoms with Gasteiger partial charge in [0.2, 0.25) is 0 Å². The SMILES string of the molecule is CCN(CC)c1cc(NC(=O)O)c(N)cc1Cl. The fourth-order valence-corrected chi connectivity index (χ4v) is 1.90. The Bertz CT molecular complexity index is 419. The number of hydrogen-bond acceptors (Lipinski definition) is 3. The highest BCUT2D eigenvalue weighted by molar-refractivity contribution is 6.33. The Morgan fingerprint density at radius 3 is 2.53 bits per heavy atom. The van der Waals surface area contributed by atoms with Gasteiger partial charge in [0, 0.05) is 13.1 Å². The lowest BCUT2D eigenvalue weighted by Crippen LogP contribution is -2.22. The Hall–Kier alpha value is -1.62. The fraction of sp³-hybridized carbons (Fsp3) is 0.364. The maximum Gasteiger partial charge on any atom is 0.409 e. The molecular formula is C11H16ClN3O2. The number of halogens is 1. The molecule has 0 aromatic heterocycles. The summed E-state index contributed by atoms with van der Waals surface area (Å²) >= 11 is 6.09. The van der Waals surface area contributed by atoms with Crippen LogP contribution in [0.25, 0.3) is 0 Å². The van der Waals surface area contributed by atoms with Crippen LogP contribution in [0.2, 0.25) is 5.02 Å². The number of nitrogens with two attached hydrogens (primary N) is 1. The lowest BCUT2D eigenvalue weighted by Gasteiger charge is -2.23. The molecular weight excluding hydrogens is 242 g/mol. The minimum atomic E-state index is -1.15. The van der Waals surface area contributed by atoms with Gasteiger partial charge in [-0.05, 0) is 26.0 Å². The monoisotopic (exact) mass is 257 g/mol. The van der Waals surface area contributed by atoms with Crippen molar-refractivity contribution >= 4 is 34.8 Å². The van der Waals surface area contributed by atoms with Crippen molar-refractivity contribution in [3.63, 3.8) is 0 Å². The highest BCUT2D eigenvalue weighted by Crippen LogP contribution is 2.33. The standard InChI is InChI=1S/C11H16ClN3O2/c1-3-15(4-2)10-6-9(14-11(16)17)8(13)5-7(10)12/h5-6,14H,3-4,13H2,1-2H3,(H,16,17). The number of amides is 1. The van der Waals surface area contributed by atoms with Crippen LogP contribution in [0.15, 0.2) is 12.1 Å². The predicted molar refractivity (Wildman–Crippen MR) is 71.1 cm³/mol. The molecule has 5 nitrogen and oxygen atoms in total. The van der Waals surface area contributed by atoms with Gasteiger partial charge >= 0.3 is 6.09 Å². The molecule has 0 saturated carbocycles.